The Morgan fingerprint density at radius 3 is 2.60 bits per heavy atom. The first-order valence-corrected chi connectivity index (χ1v) is 7.04. The number of hydrogen-bond acceptors (Lipinski definition) is 2. The van der Waals surface area contributed by atoms with Gasteiger partial charge in [-0.25, -0.2) is 8.78 Å². The second kappa shape index (κ2) is 6.31. The second-order valence-electron chi connectivity index (χ2n) is 5.42. The molecule has 5 heteroatoms. The van der Waals surface area contributed by atoms with Crippen LogP contribution in [0.15, 0.2) is 18.2 Å². The Morgan fingerprint density at radius 1 is 1.35 bits per heavy atom. The van der Waals surface area contributed by atoms with Crippen molar-refractivity contribution in [1.82, 2.24) is 5.32 Å². The predicted molar refractivity (Wildman–Crippen MR) is 74.4 cm³/mol. The van der Waals surface area contributed by atoms with Crippen LogP contribution in [0.3, 0.4) is 0 Å². The molecule has 1 aromatic rings. The maximum Gasteiger partial charge on any atom is 0.231 e. The number of rotatable bonds is 4. The molecule has 0 aromatic heterocycles. The van der Waals surface area contributed by atoms with Gasteiger partial charge in [0.05, 0.1) is 5.41 Å². The molecule has 0 spiro atoms. The highest BCUT2D eigenvalue weighted by molar-refractivity contribution is 5.95. The van der Waals surface area contributed by atoms with Gasteiger partial charge in [0, 0.05) is 18.3 Å². The Balaban J connectivity index is 2.15. The summed E-state index contributed by atoms with van der Waals surface area (Å²) in [7, 11) is 0. The summed E-state index contributed by atoms with van der Waals surface area (Å²) in [6, 6.07) is 3.06. The summed E-state index contributed by atoms with van der Waals surface area (Å²) in [5.41, 5.74) is -0.302. The van der Waals surface area contributed by atoms with E-state index in [4.69, 9.17) is 0 Å². The van der Waals surface area contributed by atoms with Gasteiger partial charge in [0.1, 0.15) is 11.6 Å². The number of piperidine rings is 1. The highest BCUT2D eigenvalue weighted by Gasteiger charge is 2.38. The minimum Gasteiger partial charge on any atom is -0.325 e. The van der Waals surface area contributed by atoms with E-state index in [2.05, 4.69) is 10.6 Å². The number of benzene rings is 1. The summed E-state index contributed by atoms with van der Waals surface area (Å²) < 4.78 is 26.3. The quantitative estimate of drug-likeness (QED) is 0.891. The van der Waals surface area contributed by atoms with Gasteiger partial charge in [0.25, 0.3) is 0 Å². The number of carbonyl (C=O) groups is 1. The van der Waals surface area contributed by atoms with Crippen molar-refractivity contribution in [3.63, 3.8) is 0 Å². The predicted octanol–water partition coefficient (Wildman–Crippen LogP) is 3.07. The molecule has 0 radical (unpaired) electrons. The second-order valence-corrected chi connectivity index (χ2v) is 5.42. The van der Waals surface area contributed by atoms with E-state index < -0.39 is 17.0 Å². The lowest BCUT2D eigenvalue weighted by Crippen LogP contribution is -2.48. The summed E-state index contributed by atoms with van der Waals surface area (Å²) in [4.78, 5) is 12.5. The lowest BCUT2D eigenvalue weighted by atomic mass is 9.76. The zero-order valence-corrected chi connectivity index (χ0v) is 11.6. The smallest absolute Gasteiger partial charge is 0.231 e. The molecule has 1 aromatic carbocycles. The maximum atomic E-state index is 13.2. The van der Waals surface area contributed by atoms with E-state index in [9.17, 15) is 13.6 Å². The van der Waals surface area contributed by atoms with E-state index >= 15 is 0 Å². The molecule has 20 heavy (non-hydrogen) atoms. The Bertz CT molecular complexity index is 459. The molecule has 110 valence electrons. The summed E-state index contributed by atoms with van der Waals surface area (Å²) in [5.74, 6) is -1.53. The van der Waals surface area contributed by atoms with Crippen LogP contribution in [0.25, 0.3) is 0 Å². The molecule has 1 atom stereocenters. The molecular formula is C15H20F2N2O. The van der Waals surface area contributed by atoms with E-state index in [-0.39, 0.29) is 11.6 Å². The number of nitrogens with one attached hydrogen (secondary N) is 2. The Kier molecular flexibility index (Phi) is 4.70. The third kappa shape index (κ3) is 3.33. The van der Waals surface area contributed by atoms with Crippen LogP contribution in [-0.2, 0) is 4.79 Å². The lowest BCUT2D eigenvalue weighted by molar-refractivity contribution is -0.127. The Labute approximate surface area is 117 Å². The van der Waals surface area contributed by atoms with Gasteiger partial charge in [-0.05, 0) is 37.9 Å². The minimum atomic E-state index is -0.688. The van der Waals surface area contributed by atoms with Crippen molar-refractivity contribution in [1.29, 1.82) is 0 Å². The molecule has 1 amide bonds. The van der Waals surface area contributed by atoms with Crippen molar-refractivity contribution in [3.8, 4) is 0 Å². The normalized spacial score (nSPS) is 22.6. The van der Waals surface area contributed by atoms with Gasteiger partial charge in [-0.2, -0.15) is 0 Å². The fraction of sp³-hybridized carbons (Fsp3) is 0.533. The van der Waals surface area contributed by atoms with Crippen LogP contribution in [0.4, 0.5) is 14.5 Å². The zero-order valence-electron chi connectivity index (χ0n) is 11.6. The van der Waals surface area contributed by atoms with Gasteiger partial charge in [0.15, 0.2) is 0 Å². The van der Waals surface area contributed by atoms with Crippen LogP contribution in [0.5, 0.6) is 0 Å². The molecular weight excluding hydrogens is 262 g/mol. The third-order valence-electron chi connectivity index (χ3n) is 3.80. The summed E-state index contributed by atoms with van der Waals surface area (Å²) in [6.07, 6.45) is 3.40. The molecule has 1 aliphatic rings. The van der Waals surface area contributed by atoms with Crippen LogP contribution >= 0.6 is 0 Å². The molecule has 1 unspecified atom stereocenters. The van der Waals surface area contributed by atoms with Gasteiger partial charge < -0.3 is 10.6 Å². The van der Waals surface area contributed by atoms with Gasteiger partial charge in [-0.15, -0.1) is 0 Å². The van der Waals surface area contributed by atoms with Crippen molar-refractivity contribution < 1.29 is 13.6 Å². The van der Waals surface area contributed by atoms with Crippen LogP contribution in [0.2, 0.25) is 0 Å². The standard InChI is InChI=1S/C15H20F2N2O/c1-2-4-15(5-3-6-18-10-15)14(20)19-13-8-11(16)7-12(17)9-13/h7-9,18H,2-6,10H2,1H3,(H,19,20). The van der Waals surface area contributed by atoms with Crippen molar-refractivity contribution in [2.75, 3.05) is 18.4 Å². The van der Waals surface area contributed by atoms with E-state index in [0.29, 0.717) is 6.54 Å². The first-order chi connectivity index (χ1) is 9.55. The number of hydrogen-bond donors (Lipinski definition) is 2. The highest BCUT2D eigenvalue weighted by Crippen LogP contribution is 2.33. The maximum absolute atomic E-state index is 13.2. The summed E-state index contributed by atoms with van der Waals surface area (Å²) >= 11 is 0. The van der Waals surface area contributed by atoms with Gasteiger partial charge in [-0.1, -0.05) is 13.3 Å². The number of carbonyl (C=O) groups excluding carboxylic acids is 1. The molecule has 0 aliphatic carbocycles. The monoisotopic (exact) mass is 282 g/mol. The molecule has 2 N–H and O–H groups in total. The van der Waals surface area contributed by atoms with Crippen LogP contribution in [-0.4, -0.2) is 19.0 Å². The summed E-state index contributed by atoms with van der Waals surface area (Å²) in [5, 5.41) is 5.90. The Morgan fingerprint density at radius 2 is 2.05 bits per heavy atom. The molecule has 1 aliphatic heterocycles. The fourth-order valence-electron chi connectivity index (χ4n) is 2.86. The van der Waals surface area contributed by atoms with Crippen molar-refractivity contribution in [2.45, 2.75) is 32.6 Å². The SMILES string of the molecule is CCCC1(C(=O)Nc2cc(F)cc(F)c2)CCCNC1. The van der Waals surface area contributed by atoms with E-state index in [0.717, 1.165) is 50.4 Å². The van der Waals surface area contributed by atoms with Crippen molar-refractivity contribution in [3.05, 3.63) is 29.8 Å². The molecule has 3 nitrogen and oxygen atoms in total. The largest absolute Gasteiger partial charge is 0.325 e. The number of amides is 1. The van der Waals surface area contributed by atoms with E-state index in [1.165, 1.54) is 0 Å². The van der Waals surface area contributed by atoms with Crippen LogP contribution < -0.4 is 10.6 Å². The molecule has 0 bridgehead atoms. The van der Waals surface area contributed by atoms with Crippen molar-refractivity contribution >= 4 is 11.6 Å². The first kappa shape index (κ1) is 14.9. The molecule has 1 fully saturated rings. The van der Waals surface area contributed by atoms with Crippen LogP contribution in [0, 0.1) is 17.0 Å². The average molecular weight is 282 g/mol. The van der Waals surface area contributed by atoms with Gasteiger partial charge >= 0.3 is 0 Å². The van der Waals surface area contributed by atoms with Crippen LogP contribution in [0.1, 0.15) is 32.6 Å². The minimum absolute atomic E-state index is 0.156. The van der Waals surface area contributed by atoms with Gasteiger partial charge in [-0.3, -0.25) is 4.79 Å². The Hall–Kier alpha value is -1.49. The topological polar surface area (TPSA) is 41.1 Å². The van der Waals surface area contributed by atoms with Gasteiger partial charge in [0.2, 0.25) is 5.91 Å². The average Bonchev–Trinajstić information content (AvgIpc) is 2.38. The lowest BCUT2D eigenvalue weighted by Gasteiger charge is -2.36. The number of halogens is 2. The highest BCUT2D eigenvalue weighted by atomic mass is 19.1. The first-order valence-electron chi connectivity index (χ1n) is 7.04. The molecule has 0 saturated carbocycles. The number of anilines is 1. The zero-order chi connectivity index (χ0) is 14.6. The molecule has 2 rings (SSSR count). The van der Waals surface area contributed by atoms with E-state index in [1.807, 2.05) is 6.92 Å². The molecule has 1 heterocycles. The van der Waals surface area contributed by atoms with E-state index in [1.54, 1.807) is 0 Å². The summed E-state index contributed by atoms with van der Waals surface area (Å²) in [6.45, 7) is 3.56. The molecule has 1 saturated heterocycles. The fourth-order valence-corrected chi connectivity index (χ4v) is 2.86. The van der Waals surface area contributed by atoms with Crippen molar-refractivity contribution in [2.24, 2.45) is 5.41 Å². The third-order valence-corrected chi connectivity index (χ3v) is 3.80.